The van der Waals surface area contributed by atoms with Gasteiger partial charge in [-0.1, -0.05) is 31.9 Å². The van der Waals surface area contributed by atoms with Crippen molar-refractivity contribution < 1.29 is 14.4 Å². The minimum atomic E-state index is -0.864. The fraction of sp³-hybridized carbons (Fsp3) is 0.588. The number of hydrogen-bond donors (Lipinski definition) is 2. The van der Waals surface area contributed by atoms with Gasteiger partial charge in [0.05, 0.1) is 10.9 Å². The van der Waals surface area contributed by atoms with Gasteiger partial charge < -0.3 is 10.6 Å². The average molecular weight is 384 g/mol. The zero-order valence-corrected chi connectivity index (χ0v) is 15.9. The molecule has 2 N–H and O–H groups in total. The molecule has 1 aliphatic heterocycles. The summed E-state index contributed by atoms with van der Waals surface area (Å²) in [6.07, 6.45) is 2.85. The van der Waals surface area contributed by atoms with Crippen LogP contribution >= 0.6 is 22.9 Å². The summed E-state index contributed by atoms with van der Waals surface area (Å²) >= 11 is 7.24. The van der Waals surface area contributed by atoms with Gasteiger partial charge in [0.2, 0.25) is 5.91 Å². The van der Waals surface area contributed by atoms with Crippen molar-refractivity contribution >= 4 is 40.8 Å². The average Bonchev–Trinajstić information content (AvgIpc) is 3.08. The number of thiophene rings is 1. The highest BCUT2D eigenvalue weighted by Gasteiger charge is 2.58. The number of nitrogens with one attached hydrogen (secondary N) is 2. The van der Waals surface area contributed by atoms with Crippen LogP contribution in [-0.2, 0) is 16.1 Å². The zero-order chi connectivity index (χ0) is 18.2. The Kier molecular flexibility index (Phi) is 5.06. The first-order valence-corrected chi connectivity index (χ1v) is 9.69. The number of amides is 4. The predicted octanol–water partition coefficient (Wildman–Crippen LogP) is 2.76. The van der Waals surface area contributed by atoms with Gasteiger partial charge in [-0.25, -0.2) is 4.79 Å². The van der Waals surface area contributed by atoms with E-state index < -0.39 is 11.6 Å². The Balaban J connectivity index is 1.65. The van der Waals surface area contributed by atoms with Crippen LogP contribution in [0.5, 0.6) is 0 Å². The van der Waals surface area contributed by atoms with Gasteiger partial charge in [-0.15, -0.1) is 11.3 Å². The van der Waals surface area contributed by atoms with Crippen LogP contribution in [0.1, 0.15) is 38.0 Å². The van der Waals surface area contributed by atoms with Gasteiger partial charge in [0, 0.05) is 4.88 Å². The molecule has 1 saturated carbocycles. The summed E-state index contributed by atoms with van der Waals surface area (Å²) in [6.45, 7) is 4.07. The molecule has 3 rings (SSSR count). The lowest BCUT2D eigenvalue weighted by Gasteiger charge is -2.42. The fourth-order valence-corrected chi connectivity index (χ4v) is 4.96. The Morgan fingerprint density at radius 2 is 2.04 bits per heavy atom. The summed E-state index contributed by atoms with van der Waals surface area (Å²) in [5, 5.41) is 5.63. The molecular weight excluding hydrogens is 362 g/mol. The number of nitrogens with zero attached hydrogens (tertiary/aromatic N) is 1. The summed E-state index contributed by atoms with van der Waals surface area (Å²) in [4.78, 5) is 39.5. The molecule has 0 aromatic carbocycles. The maximum atomic E-state index is 13.0. The quantitative estimate of drug-likeness (QED) is 0.784. The Hall–Kier alpha value is -1.60. The first-order chi connectivity index (χ1) is 11.8. The van der Waals surface area contributed by atoms with Crippen LogP contribution in [0.4, 0.5) is 4.79 Å². The lowest BCUT2D eigenvalue weighted by Crippen LogP contribution is -2.59. The van der Waals surface area contributed by atoms with E-state index in [4.69, 9.17) is 11.6 Å². The summed E-state index contributed by atoms with van der Waals surface area (Å²) in [6, 6.07) is 3.13. The third kappa shape index (κ3) is 3.27. The van der Waals surface area contributed by atoms with Crippen molar-refractivity contribution in [2.24, 2.45) is 11.8 Å². The highest BCUT2D eigenvalue weighted by Crippen LogP contribution is 2.42. The van der Waals surface area contributed by atoms with Crippen molar-refractivity contribution in [3.05, 3.63) is 21.3 Å². The van der Waals surface area contributed by atoms with Crippen molar-refractivity contribution in [2.45, 2.75) is 45.2 Å². The number of carbonyl (C=O) groups excluding carboxylic acids is 3. The van der Waals surface area contributed by atoms with Crippen LogP contribution in [-0.4, -0.2) is 34.8 Å². The van der Waals surface area contributed by atoms with Crippen molar-refractivity contribution in [1.29, 1.82) is 0 Å². The van der Waals surface area contributed by atoms with Gasteiger partial charge in [0.15, 0.2) is 0 Å². The Morgan fingerprint density at radius 1 is 1.36 bits per heavy atom. The van der Waals surface area contributed by atoms with Crippen molar-refractivity contribution in [2.75, 3.05) is 6.54 Å². The van der Waals surface area contributed by atoms with Crippen LogP contribution < -0.4 is 10.6 Å². The molecule has 4 amide bonds. The number of urea groups is 1. The summed E-state index contributed by atoms with van der Waals surface area (Å²) in [5.41, 5.74) is -0.864. The van der Waals surface area contributed by atoms with Gasteiger partial charge in [-0.2, -0.15) is 0 Å². The number of halogens is 1. The first kappa shape index (κ1) is 18.2. The molecular formula is C17H22ClN3O3S. The highest BCUT2D eigenvalue weighted by molar-refractivity contribution is 7.16. The summed E-state index contributed by atoms with van der Waals surface area (Å²) in [5.74, 6) is -0.504. The molecule has 8 heteroatoms. The minimum Gasteiger partial charge on any atom is -0.350 e. The van der Waals surface area contributed by atoms with E-state index in [2.05, 4.69) is 10.6 Å². The maximum Gasteiger partial charge on any atom is 0.325 e. The van der Waals surface area contributed by atoms with Gasteiger partial charge in [0.25, 0.3) is 5.91 Å². The number of hydrogen-bond acceptors (Lipinski definition) is 4. The molecule has 0 radical (unpaired) electrons. The molecule has 2 atom stereocenters. The van der Waals surface area contributed by atoms with Crippen LogP contribution in [0.3, 0.4) is 0 Å². The van der Waals surface area contributed by atoms with Crippen LogP contribution in [0.25, 0.3) is 0 Å². The maximum absolute atomic E-state index is 13.0. The molecule has 1 aromatic rings. The second kappa shape index (κ2) is 6.96. The number of imide groups is 1. The summed E-state index contributed by atoms with van der Waals surface area (Å²) < 4.78 is 0.653. The Labute approximate surface area is 155 Å². The van der Waals surface area contributed by atoms with Crippen molar-refractivity contribution in [1.82, 2.24) is 15.5 Å². The van der Waals surface area contributed by atoms with Crippen LogP contribution in [0.2, 0.25) is 4.34 Å². The molecule has 6 nitrogen and oxygen atoms in total. The van der Waals surface area contributed by atoms with Gasteiger partial charge in [0.1, 0.15) is 12.1 Å². The van der Waals surface area contributed by atoms with E-state index in [0.717, 1.165) is 29.0 Å². The lowest BCUT2D eigenvalue weighted by atomic mass is 9.67. The molecule has 1 saturated heterocycles. The van der Waals surface area contributed by atoms with E-state index in [1.807, 2.05) is 19.9 Å². The van der Waals surface area contributed by atoms with E-state index in [0.29, 0.717) is 10.9 Å². The fourth-order valence-electron chi connectivity index (χ4n) is 3.93. The third-order valence-electron chi connectivity index (χ3n) is 5.38. The van der Waals surface area contributed by atoms with Crippen LogP contribution in [0.15, 0.2) is 12.1 Å². The number of rotatable bonds is 4. The zero-order valence-electron chi connectivity index (χ0n) is 14.3. The second-order valence-corrected chi connectivity index (χ2v) is 8.71. The smallest absolute Gasteiger partial charge is 0.325 e. The molecule has 1 aliphatic carbocycles. The standard InChI is InChI=1S/C17H22ClN3O3S/c1-10-4-3-5-11(2)17(10)15(23)21(16(24)20-17)9-14(22)19-8-12-6-7-13(18)25-12/h6-7,10-11H,3-5,8-9H2,1-2H3,(H,19,22)(H,20,24). The lowest BCUT2D eigenvalue weighted by molar-refractivity contribution is -0.139. The van der Waals surface area contributed by atoms with Crippen molar-refractivity contribution in [3.63, 3.8) is 0 Å². The molecule has 2 fully saturated rings. The number of carbonyl (C=O) groups is 3. The molecule has 2 heterocycles. The van der Waals surface area contributed by atoms with E-state index in [1.54, 1.807) is 6.07 Å². The Bertz CT molecular complexity index is 695. The van der Waals surface area contributed by atoms with E-state index in [-0.39, 0.29) is 30.2 Å². The normalized spacial score (nSPS) is 29.2. The third-order valence-corrected chi connectivity index (χ3v) is 6.61. The molecule has 25 heavy (non-hydrogen) atoms. The van der Waals surface area contributed by atoms with Gasteiger partial charge in [-0.05, 0) is 36.8 Å². The predicted molar refractivity (Wildman–Crippen MR) is 96.3 cm³/mol. The van der Waals surface area contributed by atoms with E-state index >= 15 is 0 Å². The largest absolute Gasteiger partial charge is 0.350 e. The SMILES string of the molecule is CC1CCCC(C)C12NC(=O)N(CC(=O)NCc1ccc(Cl)s1)C2=O. The molecule has 136 valence electrons. The topological polar surface area (TPSA) is 78.5 Å². The van der Waals surface area contributed by atoms with E-state index in [1.165, 1.54) is 11.3 Å². The molecule has 0 bridgehead atoms. The first-order valence-electron chi connectivity index (χ1n) is 8.49. The highest BCUT2D eigenvalue weighted by atomic mass is 35.5. The molecule has 2 aliphatic rings. The second-order valence-electron chi connectivity index (χ2n) is 6.91. The minimum absolute atomic E-state index is 0.0639. The van der Waals surface area contributed by atoms with Gasteiger partial charge in [-0.3, -0.25) is 14.5 Å². The monoisotopic (exact) mass is 383 g/mol. The molecule has 2 unspecified atom stereocenters. The van der Waals surface area contributed by atoms with Gasteiger partial charge >= 0.3 is 6.03 Å². The molecule has 1 aromatic heterocycles. The summed E-state index contributed by atoms with van der Waals surface area (Å²) in [7, 11) is 0. The molecule has 1 spiro atoms. The van der Waals surface area contributed by atoms with Crippen LogP contribution in [0, 0.1) is 11.8 Å². The van der Waals surface area contributed by atoms with Crippen molar-refractivity contribution in [3.8, 4) is 0 Å². The van der Waals surface area contributed by atoms with E-state index in [9.17, 15) is 14.4 Å². The Morgan fingerprint density at radius 3 is 2.64 bits per heavy atom.